The van der Waals surface area contributed by atoms with Crippen molar-refractivity contribution in [1.82, 2.24) is 4.98 Å². The summed E-state index contributed by atoms with van der Waals surface area (Å²) >= 11 is 1.50. The highest BCUT2D eigenvalue weighted by Crippen LogP contribution is 2.39. The maximum absolute atomic E-state index is 13.2. The van der Waals surface area contributed by atoms with Gasteiger partial charge in [-0.25, -0.2) is 4.79 Å². The molecule has 0 unspecified atom stereocenters. The van der Waals surface area contributed by atoms with Gasteiger partial charge in [0.05, 0.1) is 18.9 Å². The van der Waals surface area contributed by atoms with Crippen molar-refractivity contribution < 1.29 is 23.2 Å². The molecule has 10 heteroatoms. The number of esters is 1. The van der Waals surface area contributed by atoms with Gasteiger partial charge in [0.25, 0.3) is 5.89 Å². The van der Waals surface area contributed by atoms with Crippen molar-refractivity contribution in [2.45, 2.75) is 44.9 Å². The number of nitrogens with zero attached hydrogens (tertiary/aromatic N) is 3. The molecule has 182 valence electrons. The molecule has 9 nitrogen and oxygen atoms in total. The summed E-state index contributed by atoms with van der Waals surface area (Å²) in [5.41, 5.74) is 1.75. The van der Waals surface area contributed by atoms with Gasteiger partial charge >= 0.3 is 5.97 Å². The summed E-state index contributed by atoms with van der Waals surface area (Å²) in [7, 11) is 1.38. The molecule has 3 aromatic heterocycles. The topological polar surface area (TPSA) is 122 Å². The van der Waals surface area contributed by atoms with Crippen molar-refractivity contribution in [1.29, 1.82) is 5.26 Å². The van der Waals surface area contributed by atoms with Crippen molar-refractivity contribution in [3.63, 3.8) is 0 Å². The van der Waals surface area contributed by atoms with Crippen molar-refractivity contribution in [2.24, 2.45) is 5.92 Å². The van der Waals surface area contributed by atoms with E-state index in [1.807, 2.05) is 4.90 Å². The first-order chi connectivity index (χ1) is 17.1. The Morgan fingerprint density at radius 3 is 2.77 bits per heavy atom. The molecule has 2 aliphatic rings. The number of hydrogen-bond donors (Lipinski definition) is 1. The van der Waals surface area contributed by atoms with Crippen LogP contribution in [0.4, 0.5) is 10.9 Å². The number of furan rings is 1. The molecule has 1 N–H and O–H groups in total. The van der Waals surface area contributed by atoms with Crippen LogP contribution >= 0.6 is 11.3 Å². The minimum absolute atomic E-state index is 0.0967. The smallest absolute Gasteiger partial charge is 0.341 e. The minimum atomic E-state index is -0.392. The van der Waals surface area contributed by atoms with Gasteiger partial charge in [0.15, 0.2) is 5.76 Å². The number of thiophene rings is 1. The van der Waals surface area contributed by atoms with E-state index in [2.05, 4.69) is 16.4 Å². The Kier molecular flexibility index (Phi) is 6.59. The number of aromatic nitrogens is 1. The number of amides is 1. The van der Waals surface area contributed by atoms with E-state index in [1.54, 1.807) is 12.1 Å². The number of hydrogen-bond acceptors (Lipinski definition) is 9. The highest BCUT2D eigenvalue weighted by atomic mass is 32.1. The van der Waals surface area contributed by atoms with Crippen molar-refractivity contribution in [2.75, 3.05) is 30.4 Å². The van der Waals surface area contributed by atoms with E-state index in [-0.39, 0.29) is 23.4 Å². The number of nitrogens with one attached hydrogen (secondary N) is 1. The molecule has 1 amide bonds. The number of ether oxygens (including phenoxy) is 1. The van der Waals surface area contributed by atoms with Gasteiger partial charge in [-0.15, -0.1) is 11.3 Å². The molecular formula is C25H26N4O5S. The molecule has 1 saturated heterocycles. The van der Waals surface area contributed by atoms with Crippen LogP contribution in [0.15, 0.2) is 27.2 Å². The molecule has 1 aliphatic heterocycles. The molecule has 1 fully saturated rings. The minimum Gasteiger partial charge on any atom is -0.465 e. The fourth-order valence-electron chi connectivity index (χ4n) is 4.81. The first-order valence-corrected chi connectivity index (χ1v) is 12.6. The largest absolute Gasteiger partial charge is 0.465 e. The number of oxazole rings is 1. The average molecular weight is 495 g/mol. The van der Waals surface area contributed by atoms with E-state index in [1.165, 1.54) is 29.6 Å². The van der Waals surface area contributed by atoms with Crippen LogP contribution in [-0.2, 0) is 22.4 Å². The Bertz CT molecular complexity index is 1260. The molecule has 0 spiro atoms. The average Bonchev–Trinajstić information content (AvgIpc) is 3.59. The number of rotatable bonds is 5. The second-order valence-corrected chi connectivity index (χ2v) is 9.88. The fraction of sp³-hybridized carbons (Fsp3) is 0.440. The highest BCUT2D eigenvalue weighted by molar-refractivity contribution is 7.17. The number of aryl methyl sites for hydroxylation is 1. The van der Waals surface area contributed by atoms with E-state index in [0.717, 1.165) is 37.7 Å². The molecule has 0 bridgehead atoms. The Balaban J connectivity index is 1.28. The van der Waals surface area contributed by atoms with Crippen LogP contribution < -0.4 is 10.2 Å². The van der Waals surface area contributed by atoms with Gasteiger partial charge in [-0.1, -0.05) is 6.42 Å². The summed E-state index contributed by atoms with van der Waals surface area (Å²) in [6.45, 7) is 1.09. The Labute approximate surface area is 206 Å². The Morgan fingerprint density at radius 2 is 2.06 bits per heavy atom. The van der Waals surface area contributed by atoms with Gasteiger partial charge in [-0.05, 0) is 56.2 Å². The summed E-state index contributed by atoms with van der Waals surface area (Å²) in [4.78, 5) is 33.1. The molecule has 4 heterocycles. The molecule has 3 aromatic rings. The zero-order valence-electron chi connectivity index (χ0n) is 19.5. The number of piperidine rings is 1. The van der Waals surface area contributed by atoms with Crippen LogP contribution in [-0.4, -0.2) is 37.1 Å². The SMILES string of the molecule is COC(=O)c1c(NC(=O)C2CCN(c3oc(-c4ccco4)nc3C#N)CC2)sc2c1CCCCC2. The molecule has 0 saturated carbocycles. The van der Waals surface area contributed by atoms with E-state index in [0.29, 0.717) is 48.1 Å². The predicted molar refractivity (Wildman–Crippen MR) is 129 cm³/mol. The zero-order valence-corrected chi connectivity index (χ0v) is 20.3. The van der Waals surface area contributed by atoms with Gasteiger partial charge < -0.3 is 23.8 Å². The fourth-order valence-corrected chi connectivity index (χ4v) is 6.09. The maximum atomic E-state index is 13.2. The molecule has 0 radical (unpaired) electrons. The number of carbonyl (C=O) groups excluding carboxylic acids is 2. The lowest BCUT2D eigenvalue weighted by Crippen LogP contribution is -2.38. The van der Waals surface area contributed by atoms with Crippen LogP contribution in [0.1, 0.15) is 58.6 Å². The summed E-state index contributed by atoms with van der Waals surface area (Å²) in [6, 6.07) is 5.53. The number of nitriles is 1. The van der Waals surface area contributed by atoms with Crippen molar-refractivity contribution in [3.05, 3.63) is 40.1 Å². The number of methoxy groups -OCH3 is 1. The molecule has 0 atom stereocenters. The van der Waals surface area contributed by atoms with Crippen LogP contribution in [0.25, 0.3) is 11.7 Å². The number of carbonyl (C=O) groups is 2. The maximum Gasteiger partial charge on any atom is 0.341 e. The van der Waals surface area contributed by atoms with E-state index in [4.69, 9.17) is 13.6 Å². The molecule has 0 aromatic carbocycles. The van der Waals surface area contributed by atoms with Crippen molar-refractivity contribution in [3.8, 4) is 17.7 Å². The van der Waals surface area contributed by atoms with Crippen LogP contribution in [0, 0.1) is 17.2 Å². The summed E-state index contributed by atoms with van der Waals surface area (Å²) < 4.78 is 16.2. The zero-order chi connectivity index (χ0) is 24.4. The normalized spacial score (nSPS) is 16.3. The van der Waals surface area contributed by atoms with Crippen LogP contribution in [0.3, 0.4) is 0 Å². The van der Waals surface area contributed by atoms with Crippen molar-refractivity contribution >= 4 is 34.1 Å². The lowest BCUT2D eigenvalue weighted by molar-refractivity contribution is -0.120. The predicted octanol–water partition coefficient (Wildman–Crippen LogP) is 4.78. The first kappa shape index (κ1) is 23.2. The third-order valence-corrected chi connectivity index (χ3v) is 7.85. The molecular weight excluding hydrogens is 468 g/mol. The Morgan fingerprint density at radius 1 is 1.26 bits per heavy atom. The number of anilines is 2. The lowest BCUT2D eigenvalue weighted by atomic mass is 9.96. The third-order valence-electron chi connectivity index (χ3n) is 6.65. The second-order valence-electron chi connectivity index (χ2n) is 8.77. The van der Waals surface area contributed by atoms with E-state index >= 15 is 0 Å². The third kappa shape index (κ3) is 4.56. The van der Waals surface area contributed by atoms with Gasteiger partial charge in [0.1, 0.15) is 11.1 Å². The van der Waals surface area contributed by atoms with Crippen LogP contribution in [0.5, 0.6) is 0 Å². The van der Waals surface area contributed by atoms with Gasteiger partial charge in [0.2, 0.25) is 17.5 Å². The highest BCUT2D eigenvalue weighted by Gasteiger charge is 2.32. The molecule has 5 rings (SSSR count). The quantitative estimate of drug-likeness (QED) is 0.397. The second kappa shape index (κ2) is 9.96. The monoisotopic (exact) mass is 494 g/mol. The molecule has 35 heavy (non-hydrogen) atoms. The van der Waals surface area contributed by atoms with Gasteiger partial charge in [-0.3, -0.25) is 4.79 Å². The van der Waals surface area contributed by atoms with Crippen LogP contribution in [0.2, 0.25) is 0 Å². The first-order valence-electron chi connectivity index (χ1n) is 11.8. The van der Waals surface area contributed by atoms with Gasteiger partial charge in [0, 0.05) is 23.9 Å². The molecule has 1 aliphatic carbocycles. The summed E-state index contributed by atoms with van der Waals surface area (Å²) in [5.74, 6) is 0.410. The van der Waals surface area contributed by atoms with E-state index in [9.17, 15) is 14.9 Å². The Hall–Kier alpha value is -3.58. The lowest BCUT2D eigenvalue weighted by Gasteiger charge is -2.30. The standard InChI is InChI=1S/C25H26N4O5S/c1-32-25(31)20-16-6-3-2-4-8-19(16)35-23(20)28-21(30)15-9-11-29(12-10-15)24-17(14-26)27-22(34-24)18-7-5-13-33-18/h5,7,13,15H,2-4,6,8-12H2,1H3,(H,28,30). The van der Waals surface area contributed by atoms with Gasteiger partial charge in [-0.2, -0.15) is 10.2 Å². The number of fused-ring (bicyclic) bond motifs is 1. The summed E-state index contributed by atoms with van der Waals surface area (Å²) in [6.07, 6.45) is 7.73. The summed E-state index contributed by atoms with van der Waals surface area (Å²) in [5, 5.41) is 13.1. The van der Waals surface area contributed by atoms with E-state index < -0.39 is 5.97 Å².